The minimum Gasteiger partial charge on any atom is -0.852 e. The van der Waals surface area contributed by atoms with Crippen LogP contribution in [-0.4, -0.2) is 12.3 Å². The quantitative estimate of drug-likeness (QED) is 0.512. The van der Waals surface area contributed by atoms with Crippen LogP contribution in [0.4, 0.5) is 0 Å². The molecule has 0 amide bonds. The molecule has 0 saturated heterocycles. The van der Waals surface area contributed by atoms with Crippen molar-refractivity contribution in [3.05, 3.63) is 60.7 Å². The summed E-state index contributed by atoms with van der Waals surface area (Å²) >= 11 is 0. The molecule has 2 aromatic rings. The maximum absolute atomic E-state index is 13.2. The van der Waals surface area contributed by atoms with Crippen LogP contribution in [-0.2, 0) is 4.57 Å². The van der Waals surface area contributed by atoms with Crippen LogP contribution in [0, 0.1) is 0 Å². The molecule has 0 radical (unpaired) electrons. The Balaban J connectivity index is 0.00000180. The van der Waals surface area contributed by atoms with Gasteiger partial charge in [0.25, 0.3) is 0 Å². The Bertz CT molecular complexity index is 497. The van der Waals surface area contributed by atoms with Crippen molar-refractivity contribution in [1.82, 2.24) is 0 Å². The minimum atomic E-state index is -2.79. The van der Waals surface area contributed by atoms with E-state index < -0.39 is 13.2 Å². The summed E-state index contributed by atoms with van der Waals surface area (Å²) in [7, 11) is -2.79. The van der Waals surface area contributed by atoms with Gasteiger partial charge in [-0.1, -0.05) is 67.6 Å². The summed E-state index contributed by atoms with van der Waals surface area (Å²) in [4.78, 5) is 0. The summed E-state index contributed by atoms with van der Waals surface area (Å²) in [5, 5.41) is 13.0. The summed E-state index contributed by atoms with van der Waals surface area (Å²) in [6.07, 6.45) is -0.669. The fraction of sp³-hybridized carbons (Fsp3) is 0.200. The van der Waals surface area contributed by atoms with Crippen molar-refractivity contribution >= 4 is 17.8 Å². The van der Waals surface area contributed by atoms with E-state index in [0.29, 0.717) is 0 Å². The molecule has 0 bridgehead atoms. The molecule has 2 aromatic carbocycles. The molecule has 0 aliphatic rings. The Kier molecular flexibility index (Phi) is 6.11. The van der Waals surface area contributed by atoms with E-state index in [1.165, 1.54) is 0 Å². The van der Waals surface area contributed by atoms with E-state index in [0.717, 1.165) is 10.6 Å². The van der Waals surface area contributed by atoms with Crippen molar-refractivity contribution in [2.75, 3.05) is 6.16 Å². The van der Waals surface area contributed by atoms with Gasteiger partial charge in [0, 0.05) is 10.6 Å². The molecule has 0 fully saturated rings. The van der Waals surface area contributed by atoms with E-state index >= 15 is 0 Å². The zero-order valence-corrected chi connectivity index (χ0v) is 12.2. The molecule has 0 spiro atoms. The molecule has 4 heteroatoms. The van der Waals surface area contributed by atoms with Gasteiger partial charge in [-0.15, -0.1) is 6.10 Å². The largest absolute Gasteiger partial charge is 1.00 e. The average Bonchev–Trinajstić information content (AvgIpc) is 2.40. The zero-order valence-electron chi connectivity index (χ0n) is 11.3. The van der Waals surface area contributed by atoms with Crippen molar-refractivity contribution in [3.8, 4) is 0 Å². The first-order valence-electron chi connectivity index (χ1n) is 5.99. The van der Waals surface area contributed by atoms with Crippen LogP contribution >= 0.6 is 7.14 Å². The molecule has 2 nitrogen and oxygen atoms in total. The van der Waals surface area contributed by atoms with E-state index in [1.807, 2.05) is 60.7 Å². The number of rotatable bonds is 4. The van der Waals surface area contributed by atoms with E-state index in [2.05, 4.69) is 0 Å². The predicted molar refractivity (Wildman–Crippen MR) is 74.1 cm³/mol. The molecule has 1 atom stereocenters. The summed E-state index contributed by atoms with van der Waals surface area (Å²) < 4.78 is 13.2. The fourth-order valence-electron chi connectivity index (χ4n) is 2.06. The van der Waals surface area contributed by atoms with Gasteiger partial charge in [0.1, 0.15) is 7.14 Å². The van der Waals surface area contributed by atoms with Crippen LogP contribution in [0.3, 0.4) is 0 Å². The number of hydrogen-bond donors (Lipinski definition) is 0. The van der Waals surface area contributed by atoms with Crippen molar-refractivity contribution in [1.29, 1.82) is 0 Å². The fourth-order valence-corrected chi connectivity index (χ4v) is 4.81. The van der Waals surface area contributed by atoms with Gasteiger partial charge >= 0.3 is 18.9 Å². The Morgan fingerprint density at radius 2 is 1.32 bits per heavy atom. The Morgan fingerprint density at radius 3 is 1.63 bits per heavy atom. The van der Waals surface area contributed by atoms with E-state index in [-0.39, 0.29) is 25.0 Å². The minimum absolute atomic E-state index is 0. The Labute approximate surface area is 126 Å². The van der Waals surface area contributed by atoms with Gasteiger partial charge in [0.2, 0.25) is 0 Å². The van der Waals surface area contributed by atoms with Crippen LogP contribution in [0.2, 0.25) is 0 Å². The van der Waals surface area contributed by atoms with Crippen LogP contribution < -0.4 is 34.6 Å². The maximum atomic E-state index is 13.2. The second-order valence-electron chi connectivity index (χ2n) is 4.40. The standard InChI is InChI=1S/C15H16O2P.Li/c1-13(16)12-18(17,14-8-4-2-5-9-14)15-10-6-3-7-11-15;/h2-11,13H,12H2,1H3;/q-1;+1. The number of benzene rings is 2. The summed E-state index contributed by atoms with van der Waals surface area (Å²) in [5.74, 6) is 0. The van der Waals surface area contributed by atoms with Crippen molar-refractivity contribution < 1.29 is 28.5 Å². The van der Waals surface area contributed by atoms with Gasteiger partial charge in [0.15, 0.2) is 0 Å². The van der Waals surface area contributed by atoms with Crippen LogP contribution in [0.15, 0.2) is 60.7 Å². The van der Waals surface area contributed by atoms with Gasteiger partial charge < -0.3 is 9.67 Å². The third-order valence-corrected chi connectivity index (χ3v) is 6.15. The Morgan fingerprint density at radius 1 is 0.947 bits per heavy atom. The molecule has 0 saturated carbocycles. The van der Waals surface area contributed by atoms with Crippen LogP contribution in [0.25, 0.3) is 0 Å². The molecule has 0 N–H and O–H groups in total. The molecule has 0 heterocycles. The maximum Gasteiger partial charge on any atom is 1.00 e. The third kappa shape index (κ3) is 3.85. The topological polar surface area (TPSA) is 40.1 Å². The first kappa shape index (κ1) is 16.3. The molecule has 94 valence electrons. The van der Waals surface area contributed by atoms with Crippen molar-refractivity contribution in [2.24, 2.45) is 0 Å². The molecule has 19 heavy (non-hydrogen) atoms. The summed E-state index contributed by atoms with van der Waals surface area (Å²) in [5.41, 5.74) is 0. The molecule has 0 aliphatic heterocycles. The monoisotopic (exact) mass is 266 g/mol. The predicted octanol–water partition coefficient (Wildman–Crippen LogP) is -1.25. The van der Waals surface area contributed by atoms with Gasteiger partial charge in [-0.05, 0) is 6.16 Å². The van der Waals surface area contributed by atoms with Gasteiger partial charge in [0.05, 0.1) is 0 Å². The van der Waals surface area contributed by atoms with Crippen molar-refractivity contribution in [3.63, 3.8) is 0 Å². The van der Waals surface area contributed by atoms with Crippen LogP contribution in [0.1, 0.15) is 6.92 Å². The van der Waals surface area contributed by atoms with Crippen molar-refractivity contribution in [2.45, 2.75) is 13.0 Å². The van der Waals surface area contributed by atoms with E-state index in [9.17, 15) is 9.67 Å². The second-order valence-corrected chi connectivity index (χ2v) is 7.28. The molecule has 0 aliphatic carbocycles. The third-order valence-electron chi connectivity index (χ3n) is 2.86. The normalized spacial score (nSPS) is 12.5. The zero-order chi connectivity index (χ0) is 13.0. The summed E-state index contributed by atoms with van der Waals surface area (Å²) in [6, 6.07) is 18.6. The molecule has 2 rings (SSSR count). The smallest absolute Gasteiger partial charge is 0.852 e. The first-order chi connectivity index (χ1) is 8.63. The molecular weight excluding hydrogens is 250 g/mol. The molecular formula is C15H16LiO2P. The molecule has 1 unspecified atom stereocenters. The number of hydrogen-bond acceptors (Lipinski definition) is 2. The Hall–Kier alpha value is -0.773. The van der Waals surface area contributed by atoms with Gasteiger partial charge in [-0.3, -0.25) is 0 Å². The molecule has 0 aromatic heterocycles. The summed E-state index contributed by atoms with van der Waals surface area (Å²) in [6.45, 7) is 1.57. The SMILES string of the molecule is CC([O-])CP(=O)(c1ccccc1)c1ccccc1.[Li+]. The van der Waals surface area contributed by atoms with E-state index in [1.54, 1.807) is 6.92 Å². The first-order valence-corrected chi connectivity index (χ1v) is 7.88. The van der Waals surface area contributed by atoms with E-state index in [4.69, 9.17) is 0 Å². The van der Waals surface area contributed by atoms with Gasteiger partial charge in [-0.2, -0.15) is 0 Å². The van der Waals surface area contributed by atoms with Crippen LogP contribution in [0.5, 0.6) is 0 Å². The second kappa shape index (κ2) is 7.13. The average molecular weight is 266 g/mol. The van der Waals surface area contributed by atoms with Gasteiger partial charge in [-0.25, -0.2) is 0 Å².